The van der Waals surface area contributed by atoms with Gasteiger partial charge in [0.05, 0.1) is 14.2 Å². The molecule has 0 atom stereocenters. The van der Waals surface area contributed by atoms with E-state index in [1.165, 1.54) is 14.2 Å². The van der Waals surface area contributed by atoms with Gasteiger partial charge in [0, 0.05) is 5.56 Å². The van der Waals surface area contributed by atoms with Gasteiger partial charge in [0.1, 0.15) is 12.1 Å². The van der Waals surface area contributed by atoms with Crippen molar-refractivity contribution >= 4 is 11.9 Å². The van der Waals surface area contributed by atoms with Gasteiger partial charge < -0.3 is 19.5 Å². The highest BCUT2D eigenvalue weighted by atomic mass is 16.6. The number of methoxy groups -OCH3 is 2. The van der Waals surface area contributed by atoms with E-state index in [1.807, 2.05) is 0 Å². The molecule has 0 aliphatic rings. The fourth-order valence-corrected chi connectivity index (χ4v) is 1.61. The third-order valence-corrected chi connectivity index (χ3v) is 2.46. The summed E-state index contributed by atoms with van der Waals surface area (Å²) in [7, 11) is 3.00. The molecule has 6 heteroatoms. The standard InChI is InChI=1S/C15H21NO5/c1-15(2,3)21-13(17)9-16-14(18)10-6-7-11(19-4)12(8-10)20-5/h6-8H,9H2,1-5H3,(H,16,18). The molecule has 0 saturated heterocycles. The Balaban J connectivity index is 2.66. The molecule has 1 N–H and O–H groups in total. The van der Waals surface area contributed by atoms with Crippen LogP contribution in [0.5, 0.6) is 11.5 Å². The van der Waals surface area contributed by atoms with E-state index in [1.54, 1.807) is 39.0 Å². The molecular weight excluding hydrogens is 274 g/mol. The number of esters is 1. The molecule has 21 heavy (non-hydrogen) atoms. The normalized spacial score (nSPS) is 10.7. The van der Waals surface area contributed by atoms with Gasteiger partial charge in [-0.25, -0.2) is 0 Å². The number of carbonyl (C=O) groups is 2. The lowest BCUT2D eigenvalue weighted by molar-refractivity contribution is -0.153. The van der Waals surface area contributed by atoms with Gasteiger partial charge in [0.25, 0.3) is 5.91 Å². The molecule has 1 aromatic carbocycles. The minimum atomic E-state index is -0.578. The van der Waals surface area contributed by atoms with E-state index in [0.717, 1.165) is 0 Å². The third-order valence-electron chi connectivity index (χ3n) is 2.46. The maximum absolute atomic E-state index is 12.0. The second kappa shape index (κ2) is 6.97. The van der Waals surface area contributed by atoms with Gasteiger partial charge in [-0.3, -0.25) is 9.59 Å². The van der Waals surface area contributed by atoms with Crippen LogP contribution in [0.25, 0.3) is 0 Å². The maximum atomic E-state index is 12.0. The van der Waals surface area contributed by atoms with Crippen molar-refractivity contribution in [1.82, 2.24) is 5.32 Å². The molecule has 0 unspecified atom stereocenters. The van der Waals surface area contributed by atoms with Crippen molar-refractivity contribution in [3.63, 3.8) is 0 Å². The van der Waals surface area contributed by atoms with Crippen LogP contribution in [0.15, 0.2) is 18.2 Å². The van der Waals surface area contributed by atoms with Crippen LogP contribution in [-0.4, -0.2) is 38.2 Å². The highest BCUT2D eigenvalue weighted by Crippen LogP contribution is 2.27. The smallest absolute Gasteiger partial charge is 0.325 e. The molecule has 1 rings (SSSR count). The first-order valence-electron chi connectivity index (χ1n) is 6.49. The van der Waals surface area contributed by atoms with Crippen LogP contribution in [0, 0.1) is 0 Å². The van der Waals surface area contributed by atoms with Crippen LogP contribution in [0.4, 0.5) is 0 Å². The number of rotatable bonds is 5. The molecule has 116 valence electrons. The minimum absolute atomic E-state index is 0.190. The van der Waals surface area contributed by atoms with Crippen LogP contribution in [0.3, 0.4) is 0 Å². The molecule has 0 aromatic heterocycles. The fourth-order valence-electron chi connectivity index (χ4n) is 1.61. The van der Waals surface area contributed by atoms with E-state index in [-0.39, 0.29) is 12.5 Å². The molecule has 1 amide bonds. The molecule has 0 saturated carbocycles. The predicted octanol–water partition coefficient (Wildman–Crippen LogP) is 1.78. The minimum Gasteiger partial charge on any atom is -0.493 e. The summed E-state index contributed by atoms with van der Waals surface area (Å²) in [6.45, 7) is 5.10. The number of ether oxygens (including phenoxy) is 3. The van der Waals surface area contributed by atoms with E-state index in [4.69, 9.17) is 14.2 Å². The molecule has 0 fully saturated rings. The lowest BCUT2D eigenvalue weighted by Gasteiger charge is -2.19. The Morgan fingerprint density at radius 1 is 1.10 bits per heavy atom. The first kappa shape index (κ1) is 16.8. The molecule has 0 heterocycles. The van der Waals surface area contributed by atoms with Gasteiger partial charge in [-0.05, 0) is 39.0 Å². The predicted molar refractivity (Wildman–Crippen MR) is 77.7 cm³/mol. The number of benzene rings is 1. The van der Waals surface area contributed by atoms with Gasteiger partial charge in [0.2, 0.25) is 0 Å². The van der Waals surface area contributed by atoms with E-state index in [0.29, 0.717) is 17.1 Å². The Labute approximate surface area is 124 Å². The Morgan fingerprint density at radius 2 is 1.71 bits per heavy atom. The molecule has 6 nitrogen and oxygen atoms in total. The first-order valence-corrected chi connectivity index (χ1v) is 6.49. The highest BCUT2D eigenvalue weighted by Gasteiger charge is 2.17. The summed E-state index contributed by atoms with van der Waals surface area (Å²) in [6.07, 6.45) is 0. The summed E-state index contributed by atoms with van der Waals surface area (Å²) >= 11 is 0. The van der Waals surface area contributed by atoms with Crippen molar-refractivity contribution in [2.75, 3.05) is 20.8 Å². The van der Waals surface area contributed by atoms with Gasteiger partial charge in [0.15, 0.2) is 11.5 Å². The van der Waals surface area contributed by atoms with Gasteiger partial charge >= 0.3 is 5.97 Å². The quantitative estimate of drug-likeness (QED) is 0.838. The Bertz CT molecular complexity index is 519. The van der Waals surface area contributed by atoms with Crippen LogP contribution < -0.4 is 14.8 Å². The summed E-state index contributed by atoms with van der Waals surface area (Å²) in [5.41, 5.74) is -0.207. The van der Waals surface area contributed by atoms with Crippen LogP contribution in [0.2, 0.25) is 0 Å². The average Bonchev–Trinajstić information content (AvgIpc) is 2.42. The summed E-state index contributed by atoms with van der Waals surface area (Å²) in [5, 5.41) is 2.50. The first-order chi connectivity index (χ1) is 9.76. The molecule has 0 spiro atoms. The molecule has 0 radical (unpaired) electrons. The van der Waals surface area contributed by atoms with Crippen LogP contribution in [0.1, 0.15) is 31.1 Å². The summed E-state index contributed by atoms with van der Waals surface area (Å²) in [6, 6.07) is 4.76. The summed E-state index contributed by atoms with van der Waals surface area (Å²) < 4.78 is 15.3. The zero-order chi connectivity index (χ0) is 16.0. The molecule has 0 bridgehead atoms. The third kappa shape index (κ3) is 5.33. The second-order valence-corrected chi connectivity index (χ2v) is 5.34. The van der Waals surface area contributed by atoms with E-state index in [2.05, 4.69) is 5.32 Å². The lowest BCUT2D eigenvalue weighted by Crippen LogP contribution is -2.34. The SMILES string of the molecule is COc1ccc(C(=O)NCC(=O)OC(C)(C)C)cc1OC. The number of carbonyl (C=O) groups excluding carboxylic acids is 2. The zero-order valence-corrected chi connectivity index (χ0v) is 13.0. The lowest BCUT2D eigenvalue weighted by atomic mass is 10.2. The molecule has 0 aliphatic heterocycles. The fraction of sp³-hybridized carbons (Fsp3) is 0.467. The average molecular weight is 295 g/mol. The second-order valence-electron chi connectivity index (χ2n) is 5.34. The topological polar surface area (TPSA) is 73.9 Å². The van der Waals surface area contributed by atoms with Crippen molar-refractivity contribution in [1.29, 1.82) is 0 Å². The van der Waals surface area contributed by atoms with Crippen molar-refractivity contribution in [3.05, 3.63) is 23.8 Å². The van der Waals surface area contributed by atoms with Crippen molar-refractivity contribution in [2.24, 2.45) is 0 Å². The Morgan fingerprint density at radius 3 is 2.24 bits per heavy atom. The number of amides is 1. The van der Waals surface area contributed by atoms with Gasteiger partial charge in [-0.2, -0.15) is 0 Å². The Hall–Kier alpha value is -2.24. The van der Waals surface area contributed by atoms with Crippen molar-refractivity contribution in [3.8, 4) is 11.5 Å². The van der Waals surface area contributed by atoms with Crippen LogP contribution in [-0.2, 0) is 9.53 Å². The molecule has 0 aliphatic carbocycles. The van der Waals surface area contributed by atoms with Crippen molar-refractivity contribution < 1.29 is 23.8 Å². The van der Waals surface area contributed by atoms with Crippen molar-refractivity contribution in [2.45, 2.75) is 26.4 Å². The molecule has 1 aromatic rings. The number of nitrogens with one attached hydrogen (secondary N) is 1. The Kier molecular flexibility index (Phi) is 5.58. The van der Waals surface area contributed by atoms with Crippen LogP contribution >= 0.6 is 0 Å². The number of hydrogen-bond acceptors (Lipinski definition) is 5. The largest absolute Gasteiger partial charge is 0.493 e. The van der Waals surface area contributed by atoms with E-state index >= 15 is 0 Å². The molecular formula is C15H21NO5. The van der Waals surface area contributed by atoms with E-state index in [9.17, 15) is 9.59 Å². The highest BCUT2D eigenvalue weighted by molar-refractivity contribution is 5.96. The van der Waals surface area contributed by atoms with Gasteiger partial charge in [-0.1, -0.05) is 0 Å². The zero-order valence-electron chi connectivity index (χ0n) is 13.0. The monoisotopic (exact) mass is 295 g/mol. The summed E-state index contributed by atoms with van der Waals surface area (Å²) in [5.74, 6) is 0.0988. The van der Waals surface area contributed by atoms with Gasteiger partial charge in [-0.15, -0.1) is 0 Å². The summed E-state index contributed by atoms with van der Waals surface area (Å²) in [4.78, 5) is 23.5. The van der Waals surface area contributed by atoms with E-state index < -0.39 is 11.6 Å². The number of hydrogen-bond donors (Lipinski definition) is 1. The maximum Gasteiger partial charge on any atom is 0.325 e.